The Morgan fingerprint density at radius 3 is 2.00 bits per heavy atom. The number of rotatable bonds is 3. The van der Waals surface area contributed by atoms with Gasteiger partial charge in [0.15, 0.2) is 0 Å². The Morgan fingerprint density at radius 2 is 1.65 bits per heavy atom. The van der Waals surface area contributed by atoms with Gasteiger partial charge in [-0.15, -0.1) is 0 Å². The second kappa shape index (κ2) is 4.88. The zero-order chi connectivity index (χ0) is 13.3. The van der Waals surface area contributed by atoms with Crippen molar-refractivity contribution in [3.63, 3.8) is 0 Å². The molecule has 0 bridgehead atoms. The number of halogens is 3. The van der Waals surface area contributed by atoms with Crippen LogP contribution < -0.4 is 5.73 Å². The molecule has 1 rings (SSSR count). The summed E-state index contributed by atoms with van der Waals surface area (Å²) in [5.74, 6) is 0. The molecule has 0 aliphatic carbocycles. The zero-order valence-corrected chi connectivity index (χ0v) is 10.3. The van der Waals surface area contributed by atoms with Crippen molar-refractivity contribution in [3.8, 4) is 0 Å². The highest BCUT2D eigenvalue weighted by Crippen LogP contribution is 2.37. The van der Waals surface area contributed by atoms with Gasteiger partial charge in [-0.2, -0.15) is 13.2 Å². The average Bonchev–Trinajstić information content (AvgIpc) is 2.14. The summed E-state index contributed by atoms with van der Waals surface area (Å²) in [6, 6.07) is 5.05. The number of nitrogens with two attached hydrogens (primary N) is 1. The lowest BCUT2D eigenvalue weighted by Gasteiger charge is -2.26. The van der Waals surface area contributed by atoms with E-state index in [0.717, 1.165) is 0 Å². The van der Waals surface area contributed by atoms with Crippen LogP contribution in [0.5, 0.6) is 0 Å². The van der Waals surface area contributed by atoms with Crippen molar-refractivity contribution in [3.05, 3.63) is 29.8 Å². The largest absolute Gasteiger partial charge is 0.446 e. The molecule has 0 fully saturated rings. The van der Waals surface area contributed by atoms with Crippen molar-refractivity contribution < 1.29 is 18.3 Å². The molecule has 1 unspecified atom stereocenters. The first-order valence-electron chi connectivity index (χ1n) is 4.93. The number of alkyl halides is 3. The molecule has 96 valence electrons. The van der Waals surface area contributed by atoms with Gasteiger partial charge in [0.2, 0.25) is 0 Å². The minimum Gasteiger partial charge on any atom is -0.388 e. The molecular weight excluding hydrogens is 251 g/mol. The monoisotopic (exact) mass is 265 g/mol. The Kier molecular flexibility index (Phi) is 4.11. The second-order valence-electron chi connectivity index (χ2n) is 4.25. The molecule has 1 aromatic rings. The van der Waals surface area contributed by atoms with Crippen molar-refractivity contribution in [2.24, 2.45) is 5.73 Å². The summed E-state index contributed by atoms with van der Waals surface area (Å²) in [7, 11) is 0. The van der Waals surface area contributed by atoms with Crippen molar-refractivity contribution >= 4 is 11.8 Å². The van der Waals surface area contributed by atoms with Gasteiger partial charge in [-0.05, 0) is 43.3 Å². The van der Waals surface area contributed by atoms with E-state index in [1.165, 1.54) is 24.3 Å². The fourth-order valence-corrected chi connectivity index (χ4v) is 1.82. The fraction of sp³-hybridized carbons (Fsp3) is 0.455. The van der Waals surface area contributed by atoms with E-state index >= 15 is 0 Å². The van der Waals surface area contributed by atoms with Gasteiger partial charge in [0, 0.05) is 4.90 Å². The van der Waals surface area contributed by atoms with Gasteiger partial charge < -0.3 is 10.8 Å². The van der Waals surface area contributed by atoms with Crippen LogP contribution in [0.3, 0.4) is 0 Å². The van der Waals surface area contributed by atoms with E-state index in [0.29, 0.717) is 5.56 Å². The molecule has 17 heavy (non-hydrogen) atoms. The molecule has 0 aromatic heterocycles. The minimum atomic E-state index is -4.29. The standard InChI is InChI=1S/C11H14F3NOS/c1-10(2,16)9(15)7-3-5-8(6-4-7)17-11(12,13)14/h3-6,9,16H,15H2,1-2H3. The Balaban J connectivity index is 2.82. The summed E-state index contributed by atoms with van der Waals surface area (Å²) < 4.78 is 36.3. The maximum Gasteiger partial charge on any atom is 0.446 e. The first-order chi connectivity index (χ1) is 7.59. The van der Waals surface area contributed by atoms with Crippen LogP contribution in [0.2, 0.25) is 0 Å². The summed E-state index contributed by atoms with van der Waals surface area (Å²) >= 11 is -0.175. The summed E-state index contributed by atoms with van der Waals surface area (Å²) in [5, 5.41) is 9.69. The maximum atomic E-state index is 12.1. The summed E-state index contributed by atoms with van der Waals surface area (Å²) in [4.78, 5) is 0.101. The van der Waals surface area contributed by atoms with Gasteiger partial charge in [0.25, 0.3) is 0 Å². The van der Waals surface area contributed by atoms with E-state index < -0.39 is 17.2 Å². The van der Waals surface area contributed by atoms with Gasteiger partial charge in [-0.1, -0.05) is 12.1 Å². The molecule has 0 amide bonds. The number of aliphatic hydroxyl groups is 1. The minimum absolute atomic E-state index is 0.101. The van der Waals surface area contributed by atoms with E-state index in [1.807, 2.05) is 0 Å². The highest BCUT2D eigenvalue weighted by atomic mass is 32.2. The van der Waals surface area contributed by atoms with E-state index in [-0.39, 0.29) is 16.7 Å². The lowest BCUT2D eigenvalue weighted by molar-refractivity contribution is -0.0328. The Bertz CT molecular complexity index is 370. The Hall–Kier alpha value is -0.720. The van der Waals surface area contributed by atoms with E-state index in [2.05, 4.69) is 0 Å². The van der Waals surface area contributed by atoms with Crippen LogP contribution >= 0.6 is 11.8 Å². The number of benzene rings is 1. The van der Waals surface area contributed by atoms with Crippen molar-refractivity contribution in [2.75, 3.05) is 0 Å². The highest BCUT2D eigenvalue weighted by molar-refractivity contribution is 8.00. The predicted octanol–water partition coefficient (Wildman–Crippen LogP) is 3.07. The van der Waals surface area contributed by atoms with Gasteiger partial charge in [0.05, 0.1) is 11.6 Å². The van der Waals surface area contributed by atoms with Crippen LogP contribution in [0.4, 0.5) is 13.2 Å². The first kappa shape index (κ1) is 14.3. The number of hydrogen-bond acceptors (Lipinski definition) is 3. The molecule has 3 N–H and O–H groups in total. The highest BCUT2D eigenvalue weighted by Gasteiger charge is 2.29. The molecule has 6 heteroatoms. The molecule has 0 aliphatic rings. The molecular formula is C11H14F3NOS. The second-order valence-corrected chi connectivity index (χ2v) is 5.39. The molecule has 0 saturated heterocycles. The van der Waals surface area contributed by atoms with Crippen molar-refractivity contribution in [1.82, 2.24) is 0 Å². The third kappa shape index (κ3) is 4.57. The van der Waals surface area contributed by atoms with E-state index in [1.54, 1.807) is 13.8 Å². The predicted molar refractivity (Wildman–Crippen MR) is 61.6 cm³/mol. The van der Waals surface area contributed by atoms with Gasteiger partial charge in [-0.25, -0.2) is 0 Å². The topological polar surface area (TPSA) is 46.2 Å². The van der Waals surface area contributed by atoms with Gasteiger partial charge >= 0.3 is 5.51 Å². The van der Waals surface area contributed by atoms with Crippen LogP contribution in [-0.2, 0) is 0 Å². The fourth-order valence-electron chi connectivity index (χ4n) is 1.28. The normalized spacial score (nSPS) is 14.8. The van der Waals surface area contributed by atoms with Gasteiger partial charge in [-0.3, -0.25) is 0 Å². The van der Waals surface area contributed by atoms with Crippen LogP contribution in [0.25, 0.3) is 0 Å². The lowest BCUT2D eigenvalue weighted by atomic mass is 9.93. The van der Waals surface area contributed by atoms with Crippen molar-refractivity contribution in [1.29, 1.82) is 0 Å². The molecule has 0 saturated carbocycles. The maximum absolute atomic E-state index is 12.1. The molecule has 0 aliphatic heterocycles. The van der Waals surface area contributed by atoms with E-state index in [9.17, 15) is 18.3 Å². The SMILES string of the molecule is CC(C)(O)C(N)c1ccc(SC(F)(F)F)cc1. The van der Waals surface area contributed by atoms with Crippen LogP contribution in [-0.4, -0.2) is 16.2 Å². The number of thioether (sulfide) groups is 1. The average molecular weight is 265 g/mol. The van der Waals surface area contributed by atoms with Crippen LogP contribution in [0, 0.1) is 0 Å². The molecule has 0 heterocycles. The Labute approximate surface area is 102 Å². The Morgan fingerprint density at radius 1 is 1.18 bits per heavy atom. The quantitative estimate of drug-likeness (QED) is 0.826. The molecule has 1 aromatic carbocycles. The third-order valence-electron chi connectivity index (χ3n) is 2.23. The lowest BCUT2D eigenvalue weighted by Crippen LogP contribution is -2.34. The van der Waals surface area contributed by atoms with Crippen molar-refractivity contribution in [2.45, 2.75) is 35.9 Å². The summed E-state index contributed by atoms with van der Waals surface area (Å²) in [5.41, 5.74) is 0.967. The molecule has 0 spiro atoms. The number of hydrogen-bond donors (Lipinski definition) is 2. The van der Waals surface area contributed by atoms with E-state index in [4.69, 9.17) is 5.73 Å². The molecule has 1 atom stereocenters. The molecule has 2 nitrogen and oxygen atoms in total. The summed E-state index contributed by atoms with van der Waals surface area (Å²) in [6.45, 7) is 3.10. The molecule has 0 radical (unpaired) electrons. The zero-order valence-electron chi connectivity index (χ0n) is 9.45. The van der Waals surface area contributed by atoms with Crippen LogP contribution in [0.15, 0.2) is 29.2 Å². The third-order valence-corrected chi connectivity index (χ3v) is 2.97. The van der Waals surface area contributed by atoms with Gasteiger partial charge in [0.1, 0.15) is 0 Å². The summed E-state index contributed by atoms with van der Waals surface area (Å²) in [6.07, 6.45) is 0. The van der Waals surface area contributed by atoms with Crippen LogP contribution in [0.1, 0.15) is 25.5 Å². The smallest absolute Gasteiger partial charge is 0.388 e. The first-order valence-corrected chi connectivity index (χ1v) is 5.75.